The van der Waals surface area contributed by atoms with Crippen LogP contribution in [0.2, 0.25) is 0 Å². The molecule has 0 aliphatic carbocycles. The van der Waals surface area contributed by atoms with E-state index >= 15 is 0 Å². The quantitative estimate of drug-likeness (QED) is 0.879. The summed E-state index contributed by atoms with van der Waals surface area (Å²) in [5, 5.41) is 4.18. The molecule has 84 valence electrons. The van der Waals surface area contributed by atoms with Gasteiger partial charge in [0.15, 0.2) is 0 Å². The third-order valence-corrected chi connectivity index (χ3v) is 2.58. The Hall–Kier alpha value is -1.49. The molecule has 0 saturated heterocycles. The summed E-state index contributed by atoms with van der Waals surface area (Å²) < 4.78 is 7.95. The number of halogens is 1. The Morgan fingerprint density at radius 3 is 2.88 bits per heavy atom. The van der Waals surface area contributed by atoms with E-state index in [-0.39, 0.29) is 0 Å². The number of hydrogen-bond acceptors (Lipinski definition) is 3. The number of anilines is 1. The van der Waals surface area contributed by atoms with Gasteiger partial charge in [0.2, 0.25) is 0 Å². The molecule has 1 heterocycles. The zero-order chi connectivity index (χ0) is 11.5. The van der Waals surface area contributed by atoms with E-state index in [2.05, 4.69) is 21.0 Å². The zero-order valence-corrected chi connectivity index (χ0v) is 10.4. The topological polar surface area (TPSA) is 53.1 Å². The maximum absolute atomic E-state index is 5.77. The minimum Gasteiger partial charge on any atom is -0.497 e. The molecule has 0 saturated carbocycles. The van der Waals surface area contributed by atoms with E-state index < -0.39 is 0 Å². The van der Waals surface area contributed by atoms with Crippen molar-refractivity contribution in [3.63, 3.8) is 0 Å². The van der Waals surface area contributed by atoms with Gasteiger partial charge in [-0.25, -0.2) is 0 Å². The second kappa shape index (κ2) is 4.57. The van der Waals surface area contributed by atoms with Gasteiger partial charge in [0, 0.05) is 18.0 Å². The van der Waals surface area contributed by atoms with Gasteiger partial charge in [-0.1, -0.05) is 0 Å². The van der Waals surface area contributed by atoms with Crippen LogP contribution in [0.4, 0.5) is 5.69 Å². The zero-order valence-electron chi connectivity index (χ0n) is 8.85. The number of methoxy groups -OCH3 is 1. The van der Waals surface area contributed by atoms with Gasteiger partial charge < -0.3 is 10.5 Å². The SMILES string of the molecule is COc1cc(N)cc(Cn2cc(Br)cn2)c1. The Bertz CT molecular complexity index is 496. The van der Waals surface area contributed by atoms with Crippen molar-refractivity contribution in [3.8, 4) is 5.75 Å². The molecule has 0 amide bonds. The first-order valence-electron chi connectivity index (χ1n) is 4.79. The lowest BCUT2D eigenvalue weighted by Gasteiger charge is -2.06. The van der Waals surface area contributed by atoms with Crippen molar-refractivity contribution < 1.29 is 4.74 Å². The predicted octanol–water partition coefficient (Wildman–Crippen LogP) is 2.28. The van der Waals surface area contributed by atoms with E-state index in [1.54, 1.807) is 19.4 Å². The van der Waals surface area contributed by atoms with Crippen molar-refractivity contribution in [2.75, 3.05) is 12.8 Å². The summed E-state index contributed by atoms with van der Waals surface area (Å²) in [7, 11) is 1.63. The van der Waals surface area contributed by atoms with Crippen molar-refractivity contribution in [3.05, 3.63) is 40.6 Å². The average Bonchev–Trinajstić information content (AvgIpc) is 2.63. The molecule has 0 radical (unpaired) electrons. The summed E-state index contributed by atoms with van der Waals surface area (Å²) in [5.41, 5.74) is 7.53. The van der Waals surface area contributed by atoms with Crippen molar-refractivity contribution in [2.45, 2.75) is 6.54 Å². The van der Waals surface area contributed by atoms with E-state index in [1.165, 1.54) is 0 Å². The molecular formula is C11H12BrN3O. The summed E-state index contributed by atoms with van der Waals surface area (Å²) in [6.07, 6.45) is 3.67. The maximum Gasteiger partial charge on any atom is 0.121 e. The van der Waals surface area contributed by atoms with E-state index in [1.807, 2.05) is 23.0 Å². The van der Waals surface area contributed by atoms with Crippen LogP contribution < -0.4 is 10.5 Å². The number of benzene rings is 1. The third-order valence-electron chi connectivity index (χ3n) is 2.17. The molecule has 0 atom stereocenters. The van der Waals surface area contributed by atoms with Crippen LogP contribution in [-0.4, -0.2) is 16.9 Å². The maximum atomic E-state index is 5.77. The molecule has 0 unspecified atom stereocenters. The van der Waals surface area contributed by atoms with Crippen molar-refractivity contribution in [1.29, 1.82) is 0 Å². The molecular weight excluding hydrogens is 270 g/mol. The fraction of sp³-hybridized carbons (Fsp3) is 0.182. The fourth-order valence-corrected chi connectivity index (χ4v) is 1.83. The number of ether oxygens (including phenoxy) is 1. The van der Waals surface area contributed by atoms with Crippen LogP contribution >= 0.6 is 15.9 Å². The van der Waals surface area contributed by atoms with E-state index in [0.29, 0.717) is 12.2 Å². The van der Waals surface area contributed by atoms with Crippen LogP contribution in [0.5, 0.6) is 5.75 Å². The van der Waals surface area contributed by atoms with Crippen LogP contribution in [0.25, 0.3) is 0 Å². The summed E-state index contributed by atoms with van der Waals surface area (Å²) >= 11 is 3.36. The number of rotatable bonds is 3. The van der Waals surface area contributed by atoms with Crippen LogP contribution in [0.3, 0.4) is 0 Å². The second-order valence-electron chi connectivity index (χ2n) is 3.47. The minimum absolute atomic E-state index is 0.674. The van der Waals surface area contributed by atoms with E-state index in [4.69, 9.17) is 10.5 Å². The Kier molecular flexibility index (Phi) is 3.14. The molecule has 5 heteroatoms. The number of hydrogen-bond donors (Lipinski definition) is 1. The summed E-state index contributed by atoms with van der Waals surface area (Å²) in [5.74, 6) is 0.765. The molecule has 1 aromatic heterocycles. The molecule has 16 heavy (non-hydrogen) atoms. The van der Waals surface area contributed by atoms with Gasteiger partial charge in [-0.15, -0.1) is 0 Å². The molecule has 0 aliphatic rings. The lowest BCUT2D eigenvalue weighted by molar-refractivity contribution is 0.414. The number of aromatic nitrogens is 2. The summed E-state index contributed by atoms with van der Waals surface area (Å²) in [4.78, 5) is 0. The predicted molar refractivity (Wildman–Crippen MR) is 66.4 cm³/mol. The van der Waals surface area contributed by atoms with Gasteiger partial charge in [-0.3, -0.25) is 4.68 Å². The Balaban J connectivity index is 2.24. The van der Waals surface area contributed by atoms with Gasteiger partial charge in [0.1, 0.15) is 5.75 Å². The van der Waals surface area contributed by atoms with Gasteiger partial charge in [0.25, 0.3) is 0 Å². The largest absolute Gasteiger partial charge is 0.497 e. The smallest absolute Gasteiger partial charge is 0.121 e. The van der Waals surface area contributed by atoms with Crippen LogP contribution in [0.15, 0.2) is 35.1 Å². The lowest BCUT2D eigenvalue weighted by Crippen LogP contribution is -2.01. The van der Waals surface area contributed by atoms with Gasteiger partial charge in [0.05, 0.1) is 24.3 Å². The van der Waals surface area contributed by atoms with Crippen molar-refractivity contribution in [2.24, 2.45) is 0 Å². The number of nitrogens with two attached hydrogens (primary N) is 1. The van der Waals surface area contributed by atoms with Gasteiger partial charge in [-0.05, 0) is 33.6 Å². The molecule has 4 nitrogen and oxygen atoms in total. The fourth-order valence-electron chi connectivity index (χ4n) is 1.51. The highest BCUT2D eigenvalue weighted by Crippen LogP contribution is 2.19. The van der Waals surface area contributed by atoms with Gasteiger partial charge in [-0.2, -0.15) is 5.10 Å². The molecule has 0 aliphatic heterocycles. The lowest BCUT2D eigenvalue weighted by atomic mass is 10.2. The van der Waals surface area contributed by atoms with Crippen molar-refractivity contribution in [1.82, 2.24) is 9.78 Å². The normalized spacial score (nSPS) is 10.4. The molecule has 2 aromatic rings. The summed E-state index contributed by atoms with van der Waals surface area (Å²) in [6, 6.07) is 5.66. The monoisotopic (exact) mass is 281 g/mol. The highest BCUT2D eigenvalue weighted by molar-refractivity contribution is 9.10. The molecule has 2 N–H and O–H groups in total. The first-order valence-corrected chi connectivity index (χ1v) is 5.58. The van der Waals surface area contributed by atoms with E-state index in [9.17, 15) is 0 Å². The highest BCUT2D eigenvalue weighted by atomic mass is 79.9. The molecule has 0 spiro atoms. The summed E-state index contributed by atoms with van der Waals surface area (Å²) in [6.45, 7) is 0.674. The Morgan fingerprint density at radius 1 is 1.44 bits per heavy atom. The Morgan fingerprint density at radius 2 is 2.25 bits per heavy atom. The molecule has 0 fully saturated rings. The third kappa shape index (κ3) is 2.55. The standard InChI is InChI=1S/C11H12BrN3O/c1-16-11-3-8(2-10(13)4-11)6-15-7-9(12)5-14-15/h2-5,7H,6,13H2,1H3. The Labute approximate surface area is 102 Å². The molecule has 0 bridgehead atoms. The first kappa shape index (κ1) is 11.0. The van der Waals surface area contributed by atoms with E-state index in [0.717, 1.165) is 15.8 Å². The average molecular weight is 282 g/mol. The highest BCUT2D eigenvalue weighted by Gasteiger charge is 2.01. The number of nitrogen functional groups attached to an aromatic ring is 1. The van der Waals surface area contributed by atoms with Crippen LogP contribution in [-0.2, 0) is 6.54 Å². The second-order valence-corrected chi connectivity index (χ2v) is 4.39. The van der Waals surface area contributed by atoms with Crippen molar-refractivity contribution >= 4 is 21.6 Å². The molecule has 1 aromatic carbocycles. The number of nitrogens with zero attached hydrogens (tertiary/aromatic N) is 2. The molecule has 2 rings (SSSR count). The first-order chi connectivity index (χ1) is 7.67. The van der Waals surface area contributed by atoms with Crippen LogP contribution in [0.1, 0.15) is 5.56 Å². The van der Waals surface area contributed by atoms with Crippen LogP contribution in [0, 0.1) is 0 Å². The minimum atomic E-state index is 0.674. The van der Waals surface area contributed by atoms with Gasteiger partial charge >= 0.3 is 0 Å².